The number of para-hydroxylation sites is 1. The van der Waals surface area contributed by atoms with Gasteiger partial charge in [-0.3, -0.25) is 4.79 Å². The Hall–Kier alpha value is -2.33. The van der Waals surface area contributed by atoms with Gasteiger partial charge in [-0.1, -0.05) is 51.1 Å². The number of methoxy groups -OCH3 is 1. The standard InChI is InChI=1S/C19H24N2O2/c1-19(2,3)17(20)18(22)21-14-9-7-8-13(12-14)15-10-5-6-11-16(15)23-4/h5-12,17H,20H2,1-4H3,(H,21,22)/t17-/m1/s1. The van der Waals surface area contributed by atoms with Gasteiger partial charge in [-0.15, -0.1) is 0 Å². The smallest absolute Gasteiger partial charge is 0.241 e. The van der Waals surface area contributed by atoms with Crippen molar-refractivity contribution in [1.82, 2.24) is 0 Å². The fraction of sp³-hybridized carbons (Fsp3) is 0.316. The summed E-state index contributed by atoms with van der Waals surface area (Å²) >= 11 is 0. The van der Waals surface area contributed by atoms with Crippen LogP contribution >= 0.6 is 0 Å². The number of hydrogen-bond acceptors (Lipinski definition) is 3. The third kappa shape index (κ3) is 4.11. The van der Waals surface area contributed by atoms with Crippen molar-refractivity contribution in [1.29, 1.82) is 0 Å². The zero-order valence-corrected chi connectivity index (χ0v) is 14.1. The average molecular weight is 312 g/mol. The van der Waals surface area contributed by atoms with Crippen LogP contribution < -0.4 is 15.8 Å². The summed E-state index contributed by atoms with van der Waals surface area (Å²) in [6.45, 7) is 5.84. The number of anilines is 1. The monoisotopic (exact) mass is 312 g/mol. The molecule has 0 aromatic heterocycles. The normalized spacial score (nSPS) is 12.6. The molecule has 0 spiro atoms. The predicted octanol–water partition coefficient (Wildman–Crippen LogP) is 3.67. The maximum absolute atomic E-state index is 12.3. The highest BCUT2D eigenvalue weighted by Gasteiger charge is 2.27. The lowest BCUT2D eigenvalue weighted by molar-refractivity contribution is -0.119. The fourth-order valence-electron chi connectivity index (χ4n) is 2.26. The third-order valence-corrected chi connectivity index (χ3v) is 3.76. The van der Waals surface area contributed by atoms with Gasteiger partial charge in [0.25, 0.3) is 0 Å². The zero-order chi connectivity index (χ0) is 17.0. The molecule has 0 saturated carbocycles. The third-order valence-electron chi connectivity index (χ3n) is 3.76. The summed E-state index contributed by atoms with van der Waals surface area (Å²) in [6, 6.07) is 14.9. The second-order valence-electron chi connectivity index (χ2n) is 6.61. The van der Waals surface area contributed by atoms with Crippen molar-refractivity contribution in [3.05, 3.63) is 48.5 Å². The second kappa shape index (κ2) is 6.84. The Morgan fingerprint density at radius 3 is 2.48 bits per heavy atom. The SMILES string of the molecule is COc1ccccc1-c1cccc(NC(=O)[C@@H](N)C(C)(C)C)c1. The minimum absolute atomic E-state index is 0.185. The lowest BCUT2D eigenvalue weighted by Gasteiger charge is -2.25. The molecule has 1 atom stereocenters. The Morgan fingerprint density at radius 2 is 1.83 bits per heavy atom. The van der Waals surface area contributed by atoms with Crippen molar-refractivity contribution >= 4 is 11.6 Å². The number of ether oxygens (including phenoxy) is 1. The van der Waals surface area contributed by atoms with Crippen LogP contribution in [0.15, 0.2) is 48.5 Å². The molecule has 0 saturated heterocycles. The number of benzene rings is 2. The maximum Gasteiger partial charge on any atom is 0.241 e. The van der Waals surface area contributed by atoms with E-state index in [9.17, 15) is 4.79 Å². The minimum atomic E-state index is -0.572. The van der Waals surface area contributed by atoms with Gasteiger partial charge < -0.3 is 15.8 Å². The summed E-state index contributed by atoms with van der Waals surface area (Å²) in [5.74, 6) is 0.608. The predicted molar refractivity (Wildman–Crippen MR) is 94.5 cm³/mol. The van der Waals surface area contributed by atoms with Crippen LogP contribution in [0.4, 0.5) is 5.69 Å². The van der Waals surface area contributed by atoms with E-state index in [1.807, 2.05) is 69.3 Å². The van der Waals surface area contributed by atoms with Gasteiger partial charge in [0.1, 0.15) is 5.75 Å². The fourth-order valence-corrected chi connectivity index (χ4v) is 2.26. The second-order valence-corrected chi connectivity index (χ2v) is 6.61. The van der Waals surface area contributed by atoms with E-state index in [1.165, 1.54) is 0 Å². The molecule has 0 radical (unpaired) electrons. The van der Waals surface area contributed by atoms with Crippen molar-refractivity contribution in [2.45, 2.75) is 26.8 Å². The van der Waals surface area contributed by atoms with Gasteiger partial charge in [-0.05, 0) is 29.2 Å². The molecule has 1 amide bonds. The number of nitrogens with two attached hydrogens (primary N) is 1. The van der Waals surface area contributed by atoms with Gasteiger partial charge in [-0.25, -0.2) is 0 Å². The van der Waals surface area contributed by atoms with E-state index < -0.39 is 6.04 Å². The first-order valence-corrected chi connectivity index (χ1v) is 7.63. The molecule has 0 fully saturated rings. The van der Waals surface area contributed by atoms with E-state index in [4.69, 9.17) is 10.5 Å². The summed E-state index contributed by atoms with van der Waals surface area (Å²) in [5, 5.41) is 2.89. The minimum Gasteiger partial charge on any atom is -0.496 e. The summed E-state index contributed by atoms with van der Waals surface area (Å²) in [5.41, 5.74) is 8.39. The number of nitrogens with one attached hydrogen (secondary N) is 1. The Bertz CT molecular complexity index is 690. The molecule has 3 N–H and O–H groups in total. The molecule has 0 unspecified atom stereocenters. The number of carbonyl (C=O) groups is 1. The van der Waals surface area contributed by atoms with Gasteiger partial charge in [-0.2, -0.15) is 0 Å². The zero-order valence-electron chi connectivity index (χ0n) is 14.1. The molecule has 122 valence electrons. The highest BCUT2D eigenvalue weighted by molar-refractivity contribution is 5.95. The van der Waals surface area contributed by atoms with E-state index in [0.717, 1.165) is 22.6 Å². The Balaban J connectivity index is 2.26. The number of rotatable bonds is 4. The summed E-state index contributed by atoms with van der Waals surface area (Å²) < 4.78 is 5.40. The van der Waals surface area contributed by atoms with E-state index in [1.54, 1.807) is 7.11 Å². The van der Waals surface area contributed by atoms with Gasteiger partial charge >= 0.3 is 0 Å². The van der Waals surface area contributed by atoms with E-state index in [0.29, 0.717) is 0 Å². The largest absolute Gasteiger partial charge is 0.496 e. The van der Waals surface area contributed by atoms with Crippen LogP contribution in [0.1, 0.15) is 20.8 Å². The highest BCUT2D eigenvalue weighted by atomic mass is 16.5. The van der Waals surface area contributed by atoms with E-state index in [2.05, 4.69) is 5.32 Å². The van der Waals surface area contributed by atoms with Crippen LogP contribution in [-0.2, 0) is 4.79 Å². The van der Waals surface area contributed by atoms with Crippen molar-refractivity contribution in [3.63, 3.8) is 0 Å². The summed E-state index contributed by atoms with van der Waals surface area (Å²) in [6.07, 6.45) is 0. The Kier molecular flexibility index (Phi) is 5.06. The van der Waals surface area contributed by atoms with Gasteiger partial charge in [0.15, 0.2) is 0 Å². The molecule has 2 rings (SSSR count). The van der Waals surface area contributed by atoms with E-state index in [-0.39, 0.29) is 11.3 Å². The van der Waals surface area contributed by atoms with Crippen molar-refractivity contribution < 1.29 is 9.53 Å². The van der Waals surface area contributed by atoms with Crippen LogP contribution in [0.2, 0.25) is 0 Å². The Labute approximate surface area is 137 Å². The van der Waals surface area contributed by atoms with Crippen LogP contribution in [0.25, 0.3) is 11.1 Å². The Morgan fingerprint density at radius 1 is 1.13 bits per heavy atom. The summed E-state index contributed by atoms with van der Waals surface area (Å²) in [7, 11) is 1.65. The van der Waals surface area contributed by atoms with Crippen LogP contribution in [0, 0.1) is 5.41 Å². The quantitative estimate of drug-likeness (QED) is 0.905. The van der Waals surface area contributed by atoms with Crippen LogP contribution in [0.5, 0.6) is 5.75 Å². The molecule has 2 aromatic rings. The topological polar surface area (TPSA) is 64.3 Å². The molecule has 23 heavy (non-hydrogen) atoms. The molecular formula is C19H24N2O2. The molecule has 2 aromatic carbocycles. The number of carbonyl (C=O) groups excluding carboxylic acids is 1. The first-order valence-electron chi connectivity index (χ1n) is 7.63. The first-order chi connectivity index (χ1) is 10.8. The van der Waals surface area contributed by atoms with Crippen LogP contribution in [-0.4, -0.2) is 19.1 Å². The molecule has 0 aliphatic rings. The van der Waals surface area contributed by atoms with Gasteiger partial charge in [0, 0.05) is 11.3 Å². The van der Waals surface area contributed by atoms with Crippen molar-refractivity contribution in [3.8, 4) is 16.9 Å². The molecule has 4 nitrogen and oxygen atoms in total. The molecular weight excluding hydrogens is 288 g/mol. The van der Waals surface area contributed by atoms with Crippen molar-refractivity contribution in [2.75, 3.05) is 12.4 Å². The maximum atomic E-state index is 12.3. The summed E-state index contributed by atoms with van der Waals surface area (Å²) in [4.78, 5) is 12.3. The van der Waals surface area contributed by atoms with Gasteiger partial charge in [0.05, 0.1) is 13.2 Å². The molecule has 0 bridgehead atoms. The number of hydrogen-bond donors (Lipinski definition) is 2. The molecule has 0 aliphatic heterocycles. The average Bonchev–Trinajstić information content (AvgIpc) is 2.53. The molecule has 0 aliphatic carbocycles. The molecule has 4 heteroatoms. The first kappa shape index (κ1) is 17.0. The van der Waals surface area contributed by atoms with E-state index >= 15 is 0 Å². The lowest BCUT2D eigenvalue weighted by Crippen LogP contribution is -2.45. The van der Waals surface area contributed by atoms with Crippen LogP contribution in [0.3, 0.4) is 0 Å². The van der Waals surface area contributed by atoms with Gasteiger partial charge in [0.2, 0.25) is 5.91 Å². The number of amides is 1. The highest BCUT2D eigenvalue weighted by Crippen LogP contribution is 2.31. The van der Waals surface area contributed by atoms with Crippen molar-refractivity contribution in [2.24, 2.45) is 11.1 Å². The lowest BCUT2D eigenvalue weighted by atomic mass is 9.87. The molecule has 0 heterocycles.